The average Bonchev–Trinajstić information content (AvgIpc) is 3.47. The van der Waals surface area contributed by atoms with Gasteiger partial charge in [-0.1, -0.05) is 30.3 Å². The molecule has 1 aliphatic heterocycles. The van der Waals surface area contributed by atoms with Crippen molar-refractivity contribution in [2.24, 2.45) is 7.05 Å². The van der Waals surface area contributed by atoms with Crippen molar-refractivity contribution in [3.05, 3.63) is 66.2 Å². The lowest BCUT2D eigenvalue weighted by Gasteiger charge is -2.26. The van der Waals surface area contributed by atoms with E-state index in [1.54, 1.807) is 25.1 Å². The summed E-state index contributed by atoms with van der Waals surface area (Å²) < 4.78 is 8.65. The number of morpholine rings is 1. The Morgan fingerprint density at radius 2 is 1.82 bits per heavy atom. The zero-order valence-electron chi connectivity index (χ0n) is 19.0. The molecule has 10 heteroatoms. The second-order valence-corrected chi connectivity index (χ2v) is 8.00. The Bertz CT molecular complexity index is 1350. The number of aryl methyl sites for hydroxylation is 1. The van der Waals surface area contributed by atoms with E-state index in [-0.39, 0.29) is 17.2 Å². The number of carbonyl (C=O) groups is 2. The Balaban J connectivity index is 1.45. The van der Waals surface area contributed by atoms with Gasteiger partial charge < -0.3 is 24.7 Å². The van der Waals surface area contributed by atoms with Crippen LogP contribution < -0.4 is 10.6 Å². The number of aromatic nitrogens is 4. The van der Waals surface area contributed by atoms with Gasteiger partial charge in [0.05, 0.1) is 42.0 Å². The highest BCUT2D eigenvalue weighted by atomic mass is 16.5. The first-order chi connectivity index (χ1) is 16.5. The van der Waals surface area contributed by atoms with Crippen molar-refractivity contribution in [2.45, 2.75) is 0 Å². The molecular formula is C24H25N7O3. The van der Waals surface area contributed by atoms with Crippen LogP contribution >= 0.6 is 0 Å². The number of amides is 2. The maximum Gasteiger partial charge on any atom is 0.274 e. The Labute approximate surface area is 196 Å². The smallest absolute Gasteiger partial charge is 0.274 e. The Morgan fingerprint density at radius 3 is 2.56 bits per heavy atom. The lowest BCUT2D eigenvalue weighted by Crippen LogP contribution is -2.41. The Morgan fingerprint density at radius 1 is 1.06 bits per heavy atom. The number of imidazole rings is 1. The van der Waals surface area contributed by atoms with Crippen molar-refractivity contribution < 1.29 is 14.3 Å². The zero-order valence-corrected chi connectivity index (χ0v) is 19.0. The molecule has 0 atom stereocenters. The third kappa shape index (κ3) is 3.99. The quantitative estimate of drug-likeness (QED) is 0.475. The van der Waals surface area contributed by atoms with Gasteiger partial charge in [0.2, 0.25) is 0 Å². The zero-order chi connectivity index (χ0) is 23.7. The molecule has 1 fully saturated rings. The van der Waals surface area contributed by atoms with E-state index < -0.39 is 5.91 Å². The van der Waals surface area contributed by atoms with Crippen LogP contribution in [0.4, 0.5) is 11.4 Å². The third-order valence-electron chi connectivity index (χ3n) is 5.86. The van der Waals surface area contributed by atoms with Gasteiger partial charge in [0, 0.05) is 51.2 Å². The first-order valence-electron chi connectivity index (χ1n) is 11.0. The molecule has 34 heavy (non-hydrogen) atoms. The van der Waals surface area contributed by atoms with Gasteiger partial charge in [-0.25, -0.2) is 4.98 Å². The molecule has 174 valence electrons. The fraction of sp³-hybridized carbons (Fsp3) is 0.250. The largest absolute Gasteiger partial charge is 0.385 e. The number of ether oxygens (including phenoxy) is 1. The molecule has 0 aliphatic carbocycles. The summed E-state index contributed by atoms with van der Waals surface area (Å²) in [6.07, 6.45) is 5.25. The molecule has 0 radical (unpaired) electrons. The van der Waals surface area contributed by atoms with E-state index in [4.69, 9.17) is 9.72 Å². The standard InChI is InChI=1S/C24H25N7O3/c1-25-20-15-31-14-19(16-6-4-3-5-7-16)27-21(31)12-18(20)28-23(32)22-17(13-26-29(22)2)24(33)30-8-10-34-11-9-30/h3-7,12-15,25H,8-11H2,1-2H3,(H,28,32). The maximum atomic E-state index is 13.3. The highest BCUT2D eigenvalue weighted by Gasteiger charge is 2.27. The number of nitrogens with one attached hydrogen (secondary N) is 2. The van der Waals surface area contributed by atoms with E-state index in [1.165, 1.54) is 10.9 Å². The summed E-state index contributed by atoms with van der Waals surface area (Å²) in [5, 5.41) is 10.2. The lowest BCUT2D eigenvalue weighted by atomic mass is 10.2. The SMILES string of the molecule is CNc1cn2cc(-c3ccccc3)nc2cc1NC(=O)c1c(C(=O)N2CCOCC2)cnn1C. The van der Waals surface area contributed by atoms with E-state index >= 15 is 0 Å². The van der Waals surface area contributed by atoms with E-state index in [1.807, 2.05) is 47.1 Å². The summed E-state index contributed by atoms with van der Waals surface area (Å²) in [5.74, 6) is -0.654. The molecule has 1 aliphatic rings. The van der Waals surface area contributed by atoms with Crippen LogP contribution in [0, 0.1) is 0 Å². The van der Waals surface area contributed by atoms with Crippen molar-refractivity contribution in [3.8, 4) is 11.3 Å². The number of hydrogen-bond donors (Lipinski definition) is 2. The molecule has 1 saturated heterocycles. The van der Waals surface area contributed by atoms with Crippen LogP contribution in [0.2, 0.25) is 0 Å². The molecule has 2 amide bonds. The number of hydrogen-bond acceptors (Lipinski definition) is 6. The van der Waals surface area contributed by atoms with Crippen LogP contribution in [0.25, 0.3) is 16.9 Å². The van der Waals surface area contributed by atoms with Crippen molar-refractivity contribution in [3.63, 3.8) is 0 Å². The summed E-state index contributed by atoms with van der Waals surface area (Å²) >= 11 is 0. The fourth-order valence-corrected chi connectivity index (χ4v) is 4.07. The molecule has 5 rings (SSSR count). The average molecular weight is 460 g/mol. The minimum absolute atomic E-state index is 0.201. The fourth-order valence-electron chi connectivity index (χ4n) is 4.07. The van der Waals surface area contributed by atoms with Gasteiger partial charge in [0.25, 0.3) is 11.8 Å². The minimum atomic E-state index is -0.424. The summed E-state index contributed by atoms with van der Waals surface area (Å²) in [5.41, 5.74) is 4.24. The molecule has 0 spiro atoms. The first kappa shape index (κ1) is 21.7. The lowest BCUT2D eigenvalue weighted by molar-refractivity contribution is 0.0302. The monoisotopic (exact) mass is 459 g/mol. The predicted octanol–water partition coefficient (Wildman–Crippen LogP) is 2.50. The van der Waals surface area contributed by atoms with Crippen molar-refractivity contribution in [2.75, 3.05) is 44.0 Å². The van der Waals surface area contributed by atoms with Gasteiger partial charge in [0.1, 0.15) is 11.3 Å². The van der Waals surface area contributed by atoms with Crippen LogP contribution in [0.5, 0.6) is 0 Å². The van der Waals surface area contributed by atoms with Crippen molar-refractivity contribution in [1.29, 1.82) is 0 Å². The van der Waals surface area contributed by atoms with Crippen LogP contribution in [-0.2, 0) is 11.8 Å². The van der Waals surface area contributed by atoms with E-state index in [0.717, 1.165) is 11.3 Å². The van der Waals surface area contributed by atoms with Crippen LogP contribution in [0.15, 0.2) is 55.0 Å². The highest BCUT2D eigenvalue weighted by Crippen LogP contribution is 2.27. The molecule has 3 aromatic heterocycles. The summed E-state index contributed by atoms with van der Waals surface area (Å²) in [6.45, 7) is 1.93. The molecule has 10 nitrogen and oxygen atoms in total. The van der Waals surface area contributed by atoms with Crippen molar-refractivity contribution in [1.82, 2.24) is 24.1 Å². The molecule has 0 saturated carbocycles. The summed E-state index contributed by atoms with van der Waals surface area (Å²) in [7, 11) is 3.43. The van der Waals surface area contributed by atoms with E-state index in [0.29, 0.717) is 43.3 Å². The second kappa shape index (κ2) is 8.99. The molecule has 2 N–H and O–H groups in total. The Kier molecular flexibility index (Phi) is 5.72. The van der Waals surface area contributed by atoms with Crippen LogP contribution in [0.3, 0.4) is 0 Å². The van der Waals surface area contributed by atoms with Gasteiger partial charge in [-0.2, -0.15) is 5.10 Å². The topological polar surface area (TPSA) is 106 Å². The first-order valence-corrected chi connectivity index (χ1v) is 11.0. The number of pyridine rings is 1. The van der Waals surface area contributed by atoms with E-state index in [2.05, 4.69) is 15.7 Å². The maximum absolute atomic E-state index is 13.3. The van der Waals surface area contributed by atoms with Crippen LogP contribution in [-0.4, -0.2) is 69.2 Å². The molecule has 0 unspecified atom stereocenters. The second-order valence-electron chi connectivity index (χ2n) is 8.00. The number of carbonyl (C=O) groups excluding carboxylic acids is 2. The third-order valence-corrected chi connectivity index (χ3v) is 5.86. The number of fused-ring (bicyclic) bond motifs is 1. The number of anilines is 2. The molecule has 4 heterocycles. The van der Waals surface area contributed by atoms with Crippen LogP contribution in [0.1, 0.15) is 20.8 Å². The molecule has 0 bridgehead atoms. The molecule has 1 aromatic carbocycles. The summed E-state index contributed by atoms with van der Waals surface area (Å²) in [4.78, 5) is 32.7. The van der Waals surface area contributed by atoms with Gasteiger partial charge in [-0.15, -0.1) is 0 Å². The Hall–Kier alpha value is -4.18. The molecular weight excluding hydrogens is 434 g/mol. The van der Waals surface area contributed by atoms with E-state index in [9.17, 15) is 9.59 Å². The van der Waals surface area contributed by atoms with Crippen molar-refractivity contribution >= 4 is 28.8 Å². The van der Waals surface area contributed by atoms with Gasteiger partial charge >= 0.3 is 0 Å². The predicted molar refractivity (Wildman–Crippen MR) is 128 cm³/mol. The number of rotatable bonds is 5. The normalized spacial score (nSPS) is 13.8. The number of nitrogens with zero attached hydrogens (tertiary/aromatic N) is 5. The summed E-state index contributed by atoms with van der Waals surface area (Å²) in [6, 6.07) is 11.7. The van der Waals surface area contributed by atoms with Gasteiger partial charge in [-0.3, -0.25) is 14.3 Å². The van der Waals surface area contributed by atoms with Gasteiger partial charge in [0.15, 0.2) is 0 Å². The number of benzene rings is 1. The molecule has 4 aromatic rings. The minimum Gasteiger partial charge on any atom is -0.385 e. The highest BCUT2D eigenvalue weighted by molar-refractivity contribution is 6.12. The van der Waals surface area contributed by atoms with Gasteiger partial charge in [-0.05, 0) is 0 Å².